The zero-order valence-corrected chi connectivity index (χ0v) is 13.4. The first-order chi connectivity index (χ1) is 9.31. The summed E-state index contributed by atoms with van der Waals surface area (Å²) < 4.78 is 0. The van der Waals surface area contributed by atoms with Gasteiger partial charge in [-0.1, -0.05) is 13.0 Å². The zero-order valence-electron chi connectivity index (χ0n) is 13.4. The van der Waals surface area contributed by atoms with Gasteiger partial charge in [-0.15, -0.1) is 0 Å². The van der Waals surface area contributed by atoms with Crippen LogP contribution in [0.2, 0.25) is 0 Å². The second kappa shape index (κ2) is 5.08. The molecule has 1 atom stereocenters. The van der Waals surface area contributed by atoms with E-state index in [1.54, 1.807) is 0 Å². The summed E-state index contributed by atoms with van der Waals surface area (Å²) in [6.07, 6.45) is 4.36. The number of allylic oxidation sites excluding steroid dienone is 1. The lowest BCUT2D eigenvalue weighted by molar-refractivity contribution is 0.112. The van der Waals surface area contributed by atoms with E-state index >= 15 is 0 Å². The average molecular weight is 271 g/mol. The van der Waals surface area contributed by atoms with Crippen LogP contribution in [0.4, 0.5) is 5.69 Å². The lowest BCUT2D eigenvalue weighted by Crippen LogP contribution is -2.50. The lowest BCUT2D eigenvalue weighted by Gasteiger charge is -2.47. The lowest BCUT2D eigenvalue weighted by atomic mass is 9.85. The molecule has 108 valence electrons. The van der Waals surface area contributed by atoms with Crippen LogP contribution in [0, 0.1) is 6.92 Å². The van der Waals surface area contributed by atoms with Crippen molar-refractivity contribution in [3.8, 4) is 0 Å². The van der Waals surface area contributed by atoms with Crippen LogP contribution in [0.1, 0.15) is 62.5 Å². The van der Waals surface area contributed by atoms with Gasteiger partial charge in [-0.25, -0.2) is 0 Å². The number of aryl methyl sites for hydroxylation is 1. The van der Waals surface area contributed by atoms with Crippen LogP contribution < -0.4 is 4.90 Å². The highest BCUT2D eigenvalue weighted by molar-refractivity contribution is 5.88. The molecular weight excluding hydrogens is 246 g/mol. The Kier molecular flexibility index (Phi) is 3.77. The van der Waals surface area contributed by atoms with Crippen molar-refractivity contribution in [2.75, 3.05) is 4.90 Å². The van der Waals surface area contributed by atoms with Crippen molar-refractivity contribution in [1.29, 1.82) is 0 Å². The predicted molar refractivity (Wildman–Crippen MR) is 86.5 cm³/mol. The maximum atomic E-state index is 11.1. The standard InChI is InChI=1S/C18H25NO/c1-7-14(4)19-17-12(2)8-15(11-20)9-16(17)13(3)10-18(19,5)6/h8-11,14H,7H2,1-6H3/t14-/m0/s1. The summed E-state index contributed by atoms with van der Waals surface area (Å²) in [4.78, 5) is 13.6. The molecule has 1 heterocycles. The van der Waals surface area contributed by atoms with E-state index in [1.807, 2.05) is 12.1 Å². The molecule has 1 aromatic rings. The van der Waals surface area contributed by atoms with Gasteiger partial charge in [-0.3, -0.25) is 4.79 Å². The van der Waals surface area contributed by atoms with Crippen LogP contribution in [0.25, 0.3) is 5.57 Å². The molecular formula is C18H25NO. The zero-order chi connectivity index (χ0) is 15.1. The number of hydrogen-bond donors (Lipinski definition) is 0. The highest BCUT2D eigenvalue weighted by Crippen LogP contribution is 2.42. The summed E-state index contributed by atoms with van der Waals surface area (Å²) in [5.74, 6) is 0. The Morgan fingerprint density at radius 3 is 2.50 bits per heavy atom. The van der Waals surface area contributed by atoms with Gasteiger partial charge in [0.15, 0.2) is 0 Å². The summed E-state index contributed by atoms with van der Waals surface area (Å²) >= 11 is 0. The molecule has 2 heteroatoms. The van der Waals surface area contributed by atoms with Crippen molar-refractivity contribution in [2.45, 2.75) is 59.5 Å². The normalized spacial score (nSPS) is 18.3. The van der Waals surface area contributed by atoms with E-state index in [0.717, 1.165) is 18.3 Å². The van der Waals surface area contributed by atoms with Crippen LogP contribution in [0.15, 0.2) is 18.2 Å². The van der Waals surface area contributed by atoms with E-state index in [0.29, 0.717) is 6.04 Å². The first-order valence-corrected chi connectivity index (χ1v) is 7.40. The van der Waals surface area contributed by atoms with Crippen LogP contribution in [0.5, 0.6) is 0 Å². The Morgan fingerprint density at radius 1 is 1.30 bits per heavy atom. The number of carbonyl (C=O) groups excluding carboxylic acids is 1. The first-order valence-electron chi connectivity index (χ1n) is 7.40. The Balaban J connectivity index is 2.73. The van der Waals surface area contributed by atoms with Crippen molar-refractivity contribution in [1.82, 2.24) is 0 Å². The molecule has 2 rings (SSSR count). The van der Waals surface area contributed by atoms with Crippen molar-refractivity contribution in [2.24, 2.45) is 0 Å². The van der Waals surface area contributed by atoms with Gasteiger partial charge in [0.25, 0.3) is 0 Å². The van der Waals surface area contributed by atoms with Gasteiger partial charge >= 0.3 is 0 Å². The van der Waals surface area contributed by atoms with Crippen molar-refractivity contribution in [3.05, 3.63) is 34.9 Å². The maximum absolute atomic E-state index is 11.1. The number of hydrogen-bond acceptors (Lipinski definition) is 2. The van der Waals surface area contributed by atoms with Gasteiger partial charge in [0.2, 0.25) is 0 Å². The first kappa shape index (κ1) is 14.8. The number of anilines is 1. The number of carbonyl (C=O) groups is 1. The van der Waals surface area contributed by atoms with Crippen LogP contribution in [-0.2, 0) is 0 Å². The van der Waals surface area contributed by atoms with E-state index in [2.05, 4.69) is 52.5 Å². The van der Waals surface area contributed by atoms with Crippen LogP contribution >= 0.6 is 0 Å². The molecule has 0 saturated heterocycles. The van der Waals surface area contributed by atoms with Crippen molar-refractivity contribution < 1.29 is 4.79 Å². The summed E-state index contributed by atoms with van der Waals surface area (Å²) in [5, 5.41) is 0. The monoisotopic (exact) mass is 271 g/mol. The second-order valence-corrected chi connectivity index (χ2v) is 6.46. The van der Waals surface area contributed by atoms with Gasteiger partial charge in [0.05, 0.1) is 5.54 Å². The number of benzene rings is 1. The number of nitrogens with zero attached hydrogens (tertiary/aromatic N) is 1. The largest absolute Gasteiger partial charge is 0.360 e. The van der Waals surface area contributed by atoms with Gasteiger partial charge in [-0.2, -0.15) is 0 Å². The highest BCUT2D eigenvalue weighted by atomic mass is 16.1. The van der Waals surface area contributed by atoms with E-state index in [9.17, 15) is 4.79 Å². The Bertz CT molecular complexity index is 569. The quantitative estimate of drug-likeness (QED) is 0.748. The molecule has 20 heavy (non-hydrogen) atoms. The minimum atomic E-state index is -0.0000341. The Morgan fingerprint density at radius 2 is 1.95 bits per heavy atom. The smallest absolute Gasteiger partial charge is 0.150 e. The molecule has 2 nitrogen and oxygen atoms in total. The highest BCUT2D eigenvalue weighted by Gasteiger charge is 2.34. The van der Waals surface area contributed by atoms with Gasteiger partial charge in [-0.05, 0) is 64.3 Å². The van der Waals surface area contributed by atoms with Gasteiger partial charge in [0, 0.05) is 22.9 Å². The minimum absolute atomic E-state index is 0.0000341. The molecule has 0 bridgehead atoms. The molecule has 1 aromatic carbocycles. The summed E-state index contributed by atoms with van der Waals surface area (Å²) in [6.45, 7) is 13.3. The number of rotatable bonds is 3. The molecule has 0 spiro atoms. The third kappa shape index (κ3) is 2.28. The second-order valence-electron chi connectivity index (χ2n) is 6.46. The molecule has 1 aliphatic heterocycles. The molecule has 0 fully saturated rings. The SMILES string of the molecule is CC[C@H](C)N1c2c(C)cc(C=O)cc2C(C)=CC1(C)C. The van der Waals surface area contributed by atoms with E-state index < -0.39 is 0 Å². The predicted octanol–water partition coefficient (Wildman–Crippen LogP) is 4.61. The topological polar surface area (TPSA) is 20.3 Å². The van der Waals surface area contributed by atoms with Gasteiger partial charge < -0.3 is 4.90 Å². The summed E-state index contributed by atoms with van der Waals surface area (Å²) in [6, 6.07) is 4.48. The van der Waals surface area contributed by atoms with E-state index in [-0.39, 0.29) is 5.54 Å². The Labute approximate surface area is 122 Å². The molecule has 1 aliphatic rings. The number of aldehydes is 1. The molecule has 0 amide bonds. The van der Waals surface area contributed by atoms with Crippen LogP contribution in [-0.4, -0.2) is 17.9 Å². The Hall–Kier alpha value is -1.57. The summed E-state index contributed by atoms with van der Waals surface area (Å²) in [7, 11) is 0. The fourth-order valence-corrected chi connectivity index (χ4v) is 3.43. The molecule has 0 aromatic heterocycles. The van der Waals surface area contributed by atoms with Crippen LogP contribution in [0.3, 0.4) is 0 Å². The number of fused-ring (bicyclic) bond motifs is 1. The van der Waals surface area contributed by atoms with Crippen molar-refractivity contribution >= 4 is 17.5 Å². The van der Waals surface area contributed by atoms with E-state index in [1.165, 1.54) is 22.4 Å². The maximum Gasteiger partial charge on any atom is 0.150 e. The third-order valence-electron chi connectivity index (χ3n) is 4.35. The van der Waals surface area contributed by atoms with E-state index in [4.69, 9.17) is 0 Å². The minimum Gasteiger partial charge on any atom is -0.360 e. The average Bonchev–Trinajstić information content (AvgIpc) is 2.38. The molecule has 0 radical (unpaired) electrons. The third-order valence-corrected chi connectivity index (χ3v) is 4.35. The van der Waals surface area contributed by atoms with Gasteiger partial charge in [0.1, 0.15) is 6.29 Å². The fourth-order valence-electron chi connectivity index (χ4n) is 3.43. The van der Waals surface area contributed by atoms with Crippen molar-refractivity contribution in [3.63, 3.8) is 0 Å². The molecule has 0 aliphatic carbocycles. The molecule has 0 unspecified atom stereocenters. The fraction of sp³-hybridized carbons (Fsp3) is 0.500. The molecule has 0 N–H and O–H groups in total. The molecule has 0 saturated carbocycles. The summed E-state index contributed by atoms with van der Waals surface area (Å²) in [5.41, 5.74) is 5.70.